The van der Waals surface area contributed by atoms with Gasteiger partial charge in [0.15, 0.2) is 5.13 Å². The van der Waals surface area contributed by atoms with Gasteiger partial charge in [-0.15, -0.1) is 11.3 Å². The molecule has 8 heteroatoms. The summed E-state index contributed by atoms with van der Waals surface area (Å²) in [6.45, 7) is 0.783. The molecule has 25 heavy (non-hydrogen) atoms. The number of aromatic nitrogens is 1. The smallest absolute Gasteiger partial charge is 0.270 e. The van der Waals surface area contributed by atoms with Crippen molar-refractivity contribution in [2.24, 2.45) is 0 Å². The molecule has 1 amide bonds. The van der Waals surface area contributed by atoms with Gasteiger partial charge in [0.25, 0.3) is 5.69 Å². The zero-order chi connectivity index (χ0) is 17.6. The number of nitrogens with zero attached hydrogens (tertiary/aromatic N) is 2. The van der Waals surface area contributed by atoms with Crippen molar-refractivity contribution in [2.45, 2.75) is 38.2 Å². The number of nitrogens with one attached hydrogen (secondary N) is 1. The Kier molecular flexibility index (Phi) is 5.72. The van der Waals surface area contributed by atoms with Gasteiger partial charge in [-0.25, -0.2) is 4.98 Å². The second-order valence-electron chi connectivity index (χ2n) is 5.92. The minimum atomic E-state index is -0.439. The number of rotatable bonds is 6. The topological polar surface area (TPSA) is 94.4 Å². The van der Waals surface area contributed by atoms with E-state index < -0.39 is 4.92 Å². The Morgan fingerprint density at radius 3 is 3.08 bits per heavy atom. The van der Waals surface area contributed by atoms with Gasteiger partial charge in [0.05, 0.1) is 16.7 Å². The number of benzene rings is 1. The van der Waals surface area contributed by atoms with Crippen LogP contribution in [0.2, 0.25) is 0 Å². The van der Waals surface area contributed by atoms with Crippen LogP contribution in [-0.2, 0) is 9.53 Å². The lowest BCUT2D eigenvalue weighted by atomic mass is 10.0. The molecule has 1 aliphatic rings. The highest BCUT2D eigenvalue weighted by molar-refractivity contribution is 7.14. The van der Waals surface area contributed by atoms with E-state index >= 15 is 0 Å². The number of carbonyl (C=O) groups is 1. The quantitative estimate of drug-likeness (QED) is 0.620. The summed E-state index contributed by atoms with van der Waals surface area (Å²) in [5.74, 6) is -0.0888. The Morgan fingerprint density at radius 1 is 1.44 bits per heavy atom. The molecule has 0 unspecified atom stereocenters. The van der Waals surface area contributed by atoms with E-state index in [9.17, 15) is 14.9 Å². The molecular formula is C17H19N3O4S. The number of non-ortho nitro benzene ring substituents is 1. The van der Waals surface area contributed by atoms with Gasteiger partial charge in [-0.2, -0.15) is 0 Å². The van der Waals surface area contributed by atoms with E-state index in [1.807, 2.05) is 0 Å². The molecule has 0 saturated carbocycles. The summed E-state index contributed by atoms with van der Waals surface area (Å²) >= 11 is 1.30. The molecular weight excluding hydrogens is 342 g/mol. The summed E-state index contributed by atoms with van der Waals surface area (Å²) < 4.78 is 5.62. The number of carbonyl (C=O) groups excluding carboxylic acids is 1. The number of hydrogen-bond donors (Lipinski definition) is 1. The predicted molar refractivity (Wildman–Crippen MR) is 95.7 cm³/mol. The summed E-state index contributed by atoms with van der Waals surface area (Å²) in [7, 11) is 0. The predicted octanol–water partition coefficient (Wildman–Crippen LogP) is 4.01. The largest absolute Gasteiger partial charge is 0.378 e. The van der Waals surface area contributed by atoms with Crippen LogP contribution >= 0.6 is 11.3 Å². The zero-order valence-corrected chi connectivity index (χ0v) is 14.5. The molecule has 1 saturated heterocycles. The molecule has 1 atom stereocenters. The van der Waals surface area contributed by atoms with Gasteiger partial charge < -0.3 is 10.1 Å². The van der Waals surface area contributed by atoms with Crippen molar-refractivity contribution in [3.8, 4) is 11.3 Å². The van der Waals surface area contributed by atoms with Crippen molar-refractivity contribution in [2.75, 3.05) is 11.9 Å². The monoisotopic (exact) mass is 361 g/mol. The van der Waals surface area contributed by atoms with E-state index in [4.69, 9.17) is 4.74 Å². The average molecular weight is 361 g/mol. The van der Waals surface area contributed by atoms with Crippen LogP contribution in [0, 0.1) is 10.1 Å². The molecule has 3 rings (SSSR count). The van der Waals surface area contributed by atoms with Crippen LogP contribution in [0.3, 0.4) is 0 Å². The van der Waals surface area contributed by atoms with Crippen LogP contribution in [0.5, 0.6) is 0 Å². The van der Waals surface area contributed by atoms with Gasteiger partial charge in [-0.05, 0) is 25.7 Å². The number of nitro benzene ring substituents is 1. The first-order chi connectivity index (χ1) is 12.1. The maximum Gasteiger partial charge on any atom is 0.270 e. The average Bonchev–Trinajstić information content (AvgIpc) is 3.09. The molecule has 0 spiro atoms. The summed E-state index contributed by atoms with van der Waals surface area (Å²) in [6, 6.07) is 6.29. The lowest BCUT2D eigenvalue weighted by Crippen LogP contribution is -2.21. The molecule has 0 bridgehead atoms. The van der Waals surface area contributed by atoms with Crippen molar-refractivity contribution < 1.29 is 14.5 Å². The van der Waals surface area contributed by atoms with Crippen LogP contribution in [-0.4, -0.2) is 28.5 Å². The van der Waals surface area contributed by atoms with Crippen molar-refractivity contribution >= 4 is 28.1 Å². The summed E-state index contributed by atoms with van der Waals surface area (Å²) in [6.07, 6.45) is 4.57. The van der Waals surface area contributed by atoms with E-state index in [0.717, 1.165) is 32.3 Å². The first kappa shape index (κ1) is 17.5. The number of anilines is 1. The highest BCUT2D eigenvalue weighted by Crippen LogP contribution is 2.27. The summed E-state index contributed by atoms with van der Waals surface area (Å²) in [5.41, 5.74) is 1.28. The lowest BCUT2D eigenvalue weighted by Gasteiger charge is -2.21. The maximum absolute atomic E-state index is 12.1. The number of hydrogen-bond acceptors (Lipinski definition) is 6. The van der Waals surface area contributed by atoms with Crippen LogP contribution in [0.15, 0.2) is 29.6 Å². The van der Waals surface area contributed by atoms with Gasteiger partial charge in [0.2, 0.25) is 5.91 Å². The van der Waals surface area contributed by atoms with Crippen molar-refractivity contribution in [3.63, 3.8) is 0 Å². The number of amides is 1. The Hall–Kier alpha value is -2.32. The zero-order valence-electron chi connectivity index (χ0n) is 13.6. The summed E-state index contributed by atoms with van der Waals surface area (Å²) in [4.78, 5) is 26.8. The minimum absolute atomic E-state index is 0.0172. The van der Waals surface area contributed by atoms with E-state index in [-0.39, 0.29) is 17.7 Å². The Balaban J connectivity index is 1.56. The van der Waals surface area contributed by atoms with E-state index in [0.29, 0.717) is 22.8 Å². The Bertz CT molecular complexity index is 756. The SMILES string of the molecule is O=C(CC[C@H]1CCCCO1)Nc1nc(-c2cccc([N+](=O)[O-])c2)cs1. The fourth-order valence-electron chi connectivity index (χ4n) is 2.75. The molecule has 1 fully saturated rings. The Morgan fingerprint density at radius 2 is 2.32 bits per heavy atom. The first-order valence-corrected chi connectivity index (χ1v) is 9.11. The van der Waals surface area contributed by atoms with Crippen LogP contribution in [0.25, 0.3) is 11.3 Å². The van der Waals surface area contributed by atoms with Gasteiger partial charge in [0.1, 0.15) is 0 Å². The van der Waals surface area contributed by atoms with E-state index in [2.05, 4.69) is 10.3 Å². The van der Waals surface area contributed by atoms with E-state index in [1.165, 1.54) is 23.5 Å². The molecule has 1 N–H and O–H groups in total. The molecule has 0 radical (unpaired) electrons. The third-order valence-electron chi connectivity index (χ3n) is 4.07. The molecule has 1 aromatic carbocycles. The highest BCUT2D eigenvalue weighted by Gasteiger charge is 2.16. The molecule has 0 aliphatic carbocycles. The molecule has 1 aromatic heterocycles. The minimum Gasteiger partial charge on any atom is -0.378 e. The molecule has 1 aliphatic heterocycles. The Labute approximate surface area is 149 Å². The van der Waals surface area contributed by atoms with Gasteiger partial charge in [0, 0.05) is 36.1 Å². The maximum atomic E-state index is 12.1. The molecule has 2 aromatic rings. The van der Waals surface area contributed by atoms with E-state index in [1.54, 1.807) is 17.5 Å². The van der Waals surface area contributed by atoms with Gasteiger partial charge in [-0.1, -0.05) is 12.1 Å². The van der Waals surface area contributed by atoms with Crippen LogP contribution < -0.4 is 5.32 Å². The number of thiazole rings is 1. The molecule has 2 heterocycles. The molecule has 7 nitrogen and oxygen atoms in total. The van der Waals surface area contributed by atoms with Crippen molar-refractivity contribution in [3.05, 3.63) is 39.8 Å². The number of nitro groups is 1. The van der Waals surface area contributed by atoms with Gasteiger partial charge >= 0.3 is 0 Å². The van der Waals surface area contributed by atoms with Crippen molar-refractivity contribution in [1.29, 1.82) is 0 Å². The third kappa shape index (κ3) is 4.83. The fourth-order valence-corrected chi connectivity index (χ4v) is 3.49. The first-order valence-electron chi connectivity index (χ1n) is 8.23. The second kappa shape index (κ2) is 8.17. The normalized spacial score (nSPS) is 17.2. The fraction of sp³-hybridized carbons (Fsp3) is 0.412. The second-order valence-corrected chi connectivity index (χ2v) is 6.78. The number of ether oxygens (including phenoxy) is 1. The van der Waals surface area contributed by atoms with Crippen LogP contribution in [0.4, 0.5) is 10.8 Å². The standard InChI is InChI=1S/C17H19N3O4S/c21-16(8-7-14-6-1-2-9-24-14)19-17-18-15(11-25-17)12-4-3-5-13(10-12)20(22)23/h3-5,10-11,14H,1-2,6-9H2,(H,18,19,21)/t14-/m1/s1. The summed E-state index contributed by atoms with van der Waals surface area (Å²) in [5, 5.41) is 15.9. The van der Waals surface area contributed by atoms with Crippen molar-refractivity contribution in [1.82, 2.24) is 4.98 Å². The highest BCUT2D eigenvalue weighted by atomic mass is 32.1. The third-order valence-corrected chi connectivity index (χ3v) is 4.83. The molecule has 132 valence electrons. The van der Waals surface area contributed by atoms with Gasteiger partial charge in [-0.3, -0.25) is 14.9 Å². The lowest BCUT2D eigenvalue weighted by molar-refractivity contribution is -0.384. The van der Waals surface area contributed by atoms with Crippen LogP contribution in [0.1, 0.15) is 32.1 Å².